The molecule has 0 saturated carbocycles. The van der Waals surface area contributed by atoms with Gasteiger partial charge in [0, 0.05) is 17.0 Å². The predicted octanol–water partition coefficient (Wildman–Crippen LogP) is 5.02. The quantitative estimate of drug-likeness (QED) is 0.302. The third kappa shape index (κ3) is 4.46. The van der Waals surface area contributed by atoms with E-state index in [1.54, 1.807) is 13.2 Å². The fourth-order valence-corrected chi connectivity index (χ4v) is 4.15. The Morgan fingerprint density at radius 3 is 2.32 bits per heavy atom. The van der Waals surface area contributed by atoms with Gasteiger partial charge in [-0.1, -0.05) is 48.2 Å². The van der Waals surface area contributed by atoms with Gasteiger partial charge in [0.15, 0.2) is 11.0 Å². The molecule has 0 unspecified atom stereocenters. The summed E-state index contributed by atoms with van der Waals surface area (Å²) in [7, 11) is 3.03. The Morgan fingerprint density at radius 2 is 1.61 bits per heavy atom. The Hall–Kier alpha value is -3.58. The number of rotatable bonds is 7. The highest BCUT2D eigenvalue weighted by Crippen LogP contribution is 2.31. The van der Waals surface area contributed by atoms with Gasteiger partial charge in [-0.25, -0.2) is 4.79 Å². The molecule has 4 rings (SSSR count). The summed E-state index contributed by atoms with van der Waals surface area (Å²) < 4.78 is 12.2. The van der Waals surface area contributed by atoms with Gasteiger partial charge in [0.25, 0.3) is 0 Å². The van der Waals surface area contributed by atoms with Crippen LogP contribution in [0.5, 0.6) is 5.75 Å². The molecule has 0 radical (unpaired) electrons. The first-order valence-electron chi connectivity index (χ1n) is 9.65. The van der Waals surface area contributed by atoms with Crippen molar-refractivity contribution in [1.29, 1.82) is 0 Å². The van der Waals surface area contributed by atoms with Crippen molar-refractivity contribution in [3.63, 3.8) is 0 Å². The van der Waals surface area contributed by atoms with E-state index in [2.05, 4.69) is 10.2 Å². The highest BCUT2D eigenvalue weighted by Gasteiger charge is 2.18. The molecule has 1 heterocycles. The van der Waals surface area contributed by atoms with Gasteiger partial charge >= 0.3 is 5.97 Å². The molecule has 0 atom stereocenters. The second-order valence-electron chi connectivity index (χ2n) is 6.64. The molecule has 0 fully saturated rings. The SMILES string of the molecule is COC(=O)c1ccccc1CSc1nnc(-c2ccc(OC)cc2)n1-c1ccccc1. The molecule has 0 aliphatic carbocycles. The van der Waals surface area contributed by atoms with Gasteiger partial charge in [-0.15, -0.1) is 10.2 Å². The number of nitrogens with zero attached hydrogens (tertiary/aromatic N) is 3. The second kappa shape index (κ2) is 9.49. The number of aromatic nitrogens is 3. The molecule has 31 heavy (non-hydrogen) atoms. The molecule has 156 valence electrons. The number of para-hydroxylation sites is 1. The van der Waals surface area contributed by atoms with Gasteiger partial charge in [-0.2, -0.15) is 0 Å². The number of thioether (sulfide) groups is 1. The minimum Gasteiger partial charge on any atom is -0.497 e. The van der Waals surface area contributed by atoms with Gasteiger partial charge in [-0.05, 0) is 48.0 Å². The molecule has 0 amide bonds. The lowest BCUT2D eigenvalue weighted by molar-refractivity contribution is 0.0600. The maximum absolute atomic E-state index is 12.1. The maximum atomic E-state index is 12.1. The fourth-order valence-electron chi connectivity index (χ4n) is 3.20. The van der Waals surface area contributed by atoms with Crippen molar-refractivity contribution >= 4 is 17.7 Å². The molecule has 0 saturated heterocycles. The van der Waals surface area contributed by atoms with Gasteiger partial charge in [0.1, 0.15) is 5.75 Å². The van der Waals surface area contributed by atoms with E-state index in [4.69, 9.17) is 9.47 Å². The van der Waals surface area contributed by atoms with Gasteiger partial charge in [0.2, 0.25) is 0 Å². The molecule has 7 heteroatoms. The standard InChI is InChI=1S/C24H21N3O3S/c1-29-20-14-12-17(13-15-20)22-25-26-24(27(22)19-9-4-3-5-10-19)31-16-18-8-6-7-11-21(18)23(28)30-2/h3-15H,16H2,1-2H3. The van der Waals surface area contributed by atoms with Crippen molar-refractivity contribution in [2.75, 3.05) is 14.2 Å². The van der Waals surface area contributed by atoms with Crippen LogP contribution < -0.4 is 4.74 Å². The predicted molar refractivity (Wildman–Crippen MR) is 121 cm³/mol. The van der Waals surface area contributed by atoms with E-state index < -0.39 is 0 Å². The Morgan fingerprint density at radius 1 is 0.903 bits per heavy atom. The summed E-state index contributed by atoms with van der Waals surface area (Å²) in [5.41, 5.74) is 3.33. The molecular formula is C24H21N3O3S. The van der Waals surface area contributed by atoms with Crippen LogP contribution in [0.15, 0.2) is 84.0 Å². The number of benzene rings is 3. The normalized spacial score (nSPS) is 10.6. The number of methoxy groups -OCH3 is 2. The molecule has 4 aromatic rings. The van der Waals surface area contributed by atoms with Crippen LogP contribution in [0.1, 0.15) is 15.9 Å². The van der Waals surface area contributed by atoms with Crippen molar-refractivity contribution < 1.29 is 14.3 Å². The number of ether oxygens (including phenoxy) is 2. The Kier molecular flexibility index (Phi) is 6.33. The third-order valence-electron chi connectivity index (χ3n) is 4.78. The average Bonchev–Trinajstić information content (AvgIpc) is 3.27. The number of esters is 1. The molecule has 1 aromatic heterocycles. The lowest BCUT2D eigenvalue weighted by Gasteiger charge is -2.11. The van der Waals surface area contributed by atoms with Crippen molar-refractivity contribution in [1.82, 2.24) is 14.8 Å². The molecule has 0 aliphatic heterocycles. The molecule has 0 N–H and O–H groups in total. The number of hydrogen-bond acceptors (Lipinski definition) is 6. The highest BCUT2D eigenvalue weighted by atomic mass is 32.2. The largest absolute Gasteiger partial charge is 0.497 e. The van der Waals surface area contributed by atoms with Crippen LogP contribution in [-0.2, 0) is 10.5 Å². The first kappa shape index (κ1) is 20.7. The van der Waals surface area contributed by atoms with E-state index in [1.807, 2.05) is 77.4 Å². The van der Waals surface area contributed by atoms with Crippen LogP contribution in [0.2, 0.25) is 0 Å². The van der Waals surface area contributed by atoms with Crippen molar-refractivity contribution in [2.45, 2.75) is 10.9 Å². The molecule has 0 aliphatic rings. The summed E-state index contributed by atoms with van der Waals surface area (Å²) in [6.45, 7) is 0. The Balaban J connectivity index is 1.70. The first-order valence-corrected chi connectivity index (χ1v) is 10.6. The van der Waals surface area contributed by atoms with E-state index in [1.165, 1.54) is 18.9 Å². The zero-order valence-corrected chi connectivity index (χ0v) is 18.0. The van der Waals surface area contributed by atoms with Crippen LogP contribution in [-0.4, -0.2) is 35.0 Å². The van der Waals surface area contributed by atoms with E-state index >= 15 is 0 Å². The monoisotopic (exact) mass is 431 g/mol. The van der Waals surface area contributed by atoms with Crippen LogP contribution in [0.4, 0.5) is 0 Å². The van der Waals surface area contributed by atoms with E-state index in [0.717, 1.165) is 33.5 Å². The summed E-state index contributed by atoms with van der Waals surface area (Å²) in [4.78, 5) is 12.1. The van der Waals surface area contributed by atoms with Crippen molar-refractivity contribution in [3.05, 3.63) is 90.0 Å². The Labute approximate surface area is 184 Å². The van der Waals surface area contributed by atoms with Crippen LogP contribution >= 0.6 is 11.8 Å². The van der Waals surface area contributed by atoms with Crippen molar-refractivity contribution in [2.24, 2.45) is 0 Å². The molecule has 6 nitrogen and oxygen atoms in total. The second-order valence-corrected chi connectivity index (χ2v) is 7.59. The minimum atomic E-state index is -0.348. The van der Waals surface area contributed by atoms with Crippen LogP contribution in [0, 0.1) is 0 Å². The smallest absolute Gasteiger partial charge is 0.338 e. The summed E-state index contributed by atoms with van der Waals surface area (Å²) in [5, 5.41) is 9.65. The molecule has 0 bridgehead atoms. The first-order chi connectivity index (χ1) is 15.2. The zero-order chi connectivity index (χ0) is 21.6. The maximum Gasteiger partial charge on any atom is 0.338 e. The van der Waals surface area contributed by atoms with Crippen LogP contribution in [0.3, 0.4) is 0 Å². The topological polar surface area (TPSA) is 66.2 Å². The average molecular weight is 432 g/mol. The lowest BCUT2D eigenvalue weighted by atomic mass is 10.1. The highest BCUT2D eigenvalue weighted by molar-refractivity contribution is 7.98. The molecule has 3 aromatic carbocycles. The number of carbonyl (C=O) groups is 1. The zero-order valence-electron chi connectivity index (χ0n) is 17.2. The summed E-state index contributed by atoms with van der Waals surface area (Å²) in [5.74, 6) is 1.72. The summed E-state index contributed by atoms with van der Waals surface area (Å²) in [6.07, 6.45) is 0. The van der Waals surface area contributed by atoms with Crippen LogP contribution in [0.25, 0.3) is 17.1 Å². The van der Waals surface area contributed by atoms with E-state index in [9.17, 15) is 4.79 Å². The Bertz CT molecular complexity index is 1170. The van der Waals surface area contributed by atoms with Gasteiger partial charge in [-0.3, -0.25) is 4.57 Å². The fraction of sp³-hybridized carbons (Fsp3) is 0.125. The number of hydrogen-bond donors (Lipinski definition) is 0. The lowest BCUT2D eigenvalue weighted by Crippen LogP contribution is -2.05. The number of carbonyl (C=O) groups excluding carboxylic acids is 1. The van der Waals surface area contributed by atoms with Gasteiger partial charge in [0.05, 0.1) is 19.8 Å². The minimum absolute atomic E-state index is 0.348. The third-order valence-corrected chi connectivity index (χ3v) is 5.75. The van der Waals surface area contributed by atoms with Crippen molar-refractivity contribution in [3.8, 4) is 22.8 Å². The summed E-state index contributed by atoms with van der Waals surface area (Å²) in [6, 6.07) is 25.1. The molecular weight excluding hydrogens is 410 g/mol. The molecule has 0 spiro atoms. The summed E-state index contributed by atoms with van der Waals surface area (Å²) >= 11 is 1.52. The van der Waals surface area contributed by atoms with E-state index in [0.29, 0.717) is 11.3 Å². The van der Waals surface area contributed by atoms with E-state index in [-0.39, 0.29) is 5.97 Å². The van der Waals surface area contributed by atoms with Gasteiger partial charge < -0.3 is 9.47 Å².